The molecule has 0 heterocycles. The molecule has 0 atom stereocenters. The lowest BCUT2D eigenvalue weighted by molar-refractivity contribution is -0.385. The molecule has 0 aliphatic carbocycles. The highest BCUT2D eigenvalue weighted by molar-refractivity contribution is 9.10. The molecule has 9 nitrogen and oxygen atoms in total. The molecule has 0 N–H and O–H groups in total. The van der Waals surface area contributed by atoms with Crippen LogP contribution in [0.2, 0.25) is 0 Å². The molecule has 10 heteroatoms. The molecule has 0 aliphatic heterocycles. The van der Waals surface area contributed by atoms with Crippen molar-refractivity contribution in [1.82, 2.24) is 0 Å². The molecule has 3 aromatic carbocycles. The quantitative estimate of drug-likeness (QED) is 0.227. The van der Waals surface area contributed by atoms with E-state index in [9.17, 15) is 20.2 Å². The number of halogens is 1. The standard InChI is InChI=1S/C21H16BrN3O6/c22-20-11-15(12-23-31-14-17-4-2-6-19(10-17)25(28)29)7-8-21(20)30-13-16-3-1-5-18(9-16)24(26)27/h1-12H,13-14H2/b23-12-. The molecule has 0 aromatic heterocycles. The van der Waals surface area contributed by atoms with Gasteiger partial charge < -0.3 is 9.57 Å². The maximum atomic E-state index is 10.9. The van der Waals surface area contributed by atoms with Crippen molar-refractivity contribution in [2.45, 2.75) is 13.2 Å². The fourth-order valence-electron chi connectivity index (χ4n) is 2.61. The molecule has 0 fully saturated rings. The average Bonchev–Trinajstić information content (AvgIpc) is 2.76. The molecule has 3 rings (SSSR count). The minimum atomic E-state index is -0.465. The summed E-state index contributed by atoms with van der Waals surface area (Å²) in [6, 6.07) is 17.7. The predicted octanol–water partition coefficient (Wildman–Crippen LogP) is 5.40. The zero-order valence-electron chi connectivity index (χ0n) is 16.0. The van der Waals surface area contributed by atoms with Gasteiger partial charge in [-0.05, 0) is 50.8 Å². The Hall–Kier alpha value is -3.79. The zero-order valence-corrected chi connectivity index (χ0v) is 17.6. The maximum Gasteiger partial charge on any atom is 0.269 e. The van der Waals surface area contributed by atoms with Gasteiger partial charge in [-0.15, -0.1) is 0 Å². The summed E-state index contributed by atoms with van der Waals surface area (Å²) in [6.07, 6.45) is 1.51. The molecule has 158 valence electrons. The van der Waals surface area contributed by atoms with Crippen LogP contribution in [0.1, 0.15) is 16.7 Å². The number of non-ortho nitro benzene ring substituents is 2. The molecule has 0 aliphatic rings. The molecule has 0 amide bonds. The Morgan fingerprint density at radius 3 is 2.06 bits per heavy atom. The van der Waals surface area contributed by atoms with Crippen LogP contribution in [0.4, 0.5) is 11.4 Å². The van der Waals surface area contributed by atoms with Gasteiger partial charge in [0, 0.05) is 24.3 Å². The van der Waals surface area contributed by atoms with E-state index in [1.807, 2.05) is 0 Å². The van der Waals surface area contributed by atoms with Crippen LogP contribution in [0.15, 0.2) is 76.4 Å². The predicted molar refractivity (Wildman–Crippen MR) is 117 cm³/mol. The third-order valence-corrected chi connectivity index (χ3v) is 4.72. The van der Waals surface area contributed by atoms with Gasteiger partial charge in [0.25, 0.3) is 11.4 Å². The summed E-state index contributed by atoms with van der Waals surface area (Å²) in [6.45, 7) is 0.282. The van der Waals surface area contributed by atoms with Gasteiger partial charge in [-0.2, -0.15) is 0 Å². The Morgan fingerprint density at radius 1 is 0.871 bits per heavy atom. The molecule has 31 heavy (non-hydrogen) atoms. The van der Waals surface area contributed by atoms with Crippen molar-refractivity contribution in [2.24, 2.45) is 5.16 Å². The Morgan fingerprint density at radius 2 is 1.48 bits per heavy atom. The monoisotopic (exact) mass is 485 g/mol. The van der Waals surface area contributed by atoms with Gasteiger partial charge >= 0.3 is 0 Å². The highest BCUT2D eigenvalue weighted by Crippen LogP contribution is 2.27. The van der Waals surface area contributed by atoms with Gasteiger partial charge in [0.1, 0.15) is 19.0 Å². The van der Waals surface area contributed by atoms with Crippen LogP contribution in [0.5, 0.6) is 5.75 Å². The fourth-order valence-corrected chi connectivity index (χ4v) is 3.12. The van der Waals surface area contributed by atoms with E-state index in [0.29, 0.717) is 21.3 Å². The molecule has 0 spiro atoms. The highest BCUT2D eigenvalue weighted by atomic mass is 79.9. The van der Waals surface area contributed by atoms with Crippen molar-refractivity contribution in [3.05, 3.63) is 108 Å². The zero-order chi connectivity index (χ0) is 22.2. The summed E-state index contributed by atoms with van der Waals surface area (Å²) >= 11 is 3.43. The Labute approximate surface area is 185 Å². The van der Waals surface area contributed by atoms with Gasteiger partial charge in [-0.3, -0.25) is 20.2 Å². The largest absolute Gasteiger partial charge is 0.488 e. The number of nitrogens with zero attached hydrogens (tertiary/aromatic N) is 3. The molecular formula is C21H16BrN3O6. The van der Waals surface area contributed by atoms with Crippen LogP contribution in [0.25, 0.3) is 0 Å². The molecule has 0 saturated carbocycles. The Bertz CT molecular complexity index is 1140. The number of nitro groups is 2. The lowest BCUT2D eigenvalue weighted by Crippen LogP contribution is -1.98. The van der Waals surface area contributed by atoms with E-state index in [1.165, 1.54) is 30.5 Å². The third kappa shape index (κ3) is 6.34. The first-order valence-electron chi connectivity index (χ1n) is 8.97. The topological polar surface area (TPSA) is 117 Å². The van der Waals surface area contributed by atoms with Crippen LogP contribution >= 0.6 is 15.9 Å². The first-order chi connectivity index (χ1) is 14.9. The van der Waals surface area contributed by atoms with Crippen molar-refractivity contribution in [3.63, 3.8) is 0 Å². The van der Waals surface area contributed by atoms with Gasteiger partial charge in [0.05, 0.1) is 20.5 Å². The first kappa shape index (κ1) is 21.9. The average molecular weight is 486 g/mol. The summed E-state index contributed by atoms with van der Waals surface area (Å²) in [7, 11) is 0. The summed E-state index contributed by atoms with van der Waals surface area (Å²) in [5, 5.41) is 25.5. The van der Waals surface area contributed by atoms with Gasteiger partial charge in [-0.1, -0.05) is 29.4 Å². The van der Waals surface area contributed by atoms with E-state index in [2.05, 4.69) is 21.1 Å². The number of nitro benzene ring substituents is 2. The van der Waals surface area contributed by atoms with E-state index >= 15 is 0 Å². The fraction of sp³-hybridized carbons (Fsp3) is 0.0952. The number of hydrogen-bond donors (Lipinski definition) is 0. The molecule has 3 aromatic rings. The molecule has 0 unspecified atom stereocenters. The number of hydrogen-bond acceptors (Lipinski definition) is 7. The van der Waals surface area contributed by atoms with Crippen molar-refractivity contribution in [3.8, 4) is 5.75 Å². The van der Waals surface area contributed by atoms with Crippen LogP contribution in [0.3, 0.4) is 0 Å². The molecule has 0 saturated heterocycles. The van der Waals surface area contributed by atoms with E-state index in [4.69, 9.17) is 9.57 Å². The van der Waals surface area contributed by atoms with Gasteiger partial charge in [0.15, 0.2) is 0 Å². The van der Waals surface area contributed by atoms with Crippen molar-refractivity contribution >= 4 is 33.5 Å². The van der Waals surface area contributed by atoms with Crippen LogP contribution in [-0.4, -0.2) is 16.1 Å². The van der Waals surface area contributed by atoms with E-state index in [1.54, 1.807) is 42.5 Å². The van der Waals surface area contributed by atoms with Crippen molar-refractivity contribution in [2.75, 3.05) is 0 Å². The van der Waals surface area contributed by atoms with Gasteiger partial charge in [0.2, 0.25) is 0 Å². The van der Waals surface area contributed by atoms with E-state index in [0.717, 1.165) is 5.56 Å². The highest BCUT2D eigenvalue weighted by Gasteiger charge is 2.08. The normalized spacial score (nSPS) is 10.7. The first-order valence-corrected chi connectivity index (χ1v) is 9.76. The van der Waals surface area contributed by atoms with Gasteiger partial charge in [-0.25, -0.2) is 0 Å². The minimum Gasteiger partial charge on any atom is -0.488 e. The summed E-state index contributed by atoms with van der Waals surface area (Å²) in [5.41, 5.74) is 2.07. The number of oxime groups is 1. The Kier molecular flexibility index (Phi) is 7.28. The maximum absolute atomic E-state index is 10.9. The Balaban J connectivity index is 1.55. The summed E-state index contributed by atoms with van der Waals surface area (Å²) < 4.78 is 6.41. The van der Waals surface area contributed by atoms with E-state index in [-0.39, 0.29) is 24.6 Å². The lowest BCUT2D eigenvalue weighted by Gasteiger charge is -2.09. The van der Waals surface area contributed by atoms with E-state index < -0.39 is 9.85 Å². The summed E-state index contributed by atoms with van der Waals surface area (Å²) in [5.74, 6) is 0.571. The second kappa shape index (κ2) is 10.3. The van der Waals surface area contributed by atoms with Crippen molar-refractivity contribution < 1.29 is 19.4 Å². The second-order valence-electron chi connectivity index (χ2n) is 6.34. The SMILES string of the molecule is O=[N+]([O-])c1cccc(CO/N=C\c2ccc(OCc3cccc([N+](=O)[O-])c3)c(Br)c2)c1. The molecule has 0 radical (unpaired) electrons. The summed E-state index contributed by atoms with van der Waals surface area (Å²) in [4.78, 5) is 25.9. The number of ether oxygens (including phenoxy) is 1. The molecule has 0 bridgehead atoms. The number of rotatable bonds is 9. The number of benzene rings is 3. The smallest absolute Gasteiger partial charge is 0.269 e. The minimum absolute atomic E-state index is 0.00490. The molecular weight excluding hydrogens is 470 g/mol. The van der Waals surface area contributed by atoms with Crippen LogP contribution in [0, 0.1) is 20.2 Å². The lowest BCUT2D eigenvalue weighted by atomic mass is 10.2. The third-order valence-electron chi connectivity index (χ3n) is 4.10. The van der Waals surface area contributed by atoms with Crippen LogP contribution < -0.4 is 4.74 Å². The van der Waals surface area contributed by atoms with Crippen LogP contribution in [-0.2, 0) is 18.1 Å². The second-order valence-corrected chi connectivity index (χ2v) is 7.19. The van der Waals surface area contributed by atoms with Crippen molar-refractivity contribution in [1.29, 1.82) is 0 Å².